The maximum Gasteiger partial charge on any atom is 0.323 e. The van der Waals surface area contributed by atoms with Gasteiger partial charge in [-0.05, 0) is 19.4 Å². The van der Waals surface area contributed by atoms with Gasteiger partial charge >= 0.3 is 5.97 Å². The molecular formula is C8H15NO3. The maximum atomic E-state index is 10.9. The minimum absolute atomic E-state index is 0.330. The Hall–Kier alpha value is -0.610. The second-order valence-corrected chi connectivity index (χ2v) is 3.31. The fraction of sp³-hybridized carbons (Fsp3) is 0.875. The number of carboxylic acids is 1. The van der Waals surface area contributed by atoms with E-state index in [4.69, 9.17) is 5.11 Å². The van der Waals surface area contributed by atoms with Crippen LogP contribution in [0.5, 0.6) is 0 Å². The lowest BCUT2D eigenvalue weighted by atomic mass is 9.98. The third kappa shape index (κ3) is 1.59. The van der Waals surface area contributed by atoms with Crippen LogP contribution in [-0.2, 0) is 4.79 Å². The average Bonchev–Trinajstić information content (AvgIpc) is 2.34. The van der Waals surface area contributed by atoms with Crippen LogP contribution < -0.4 is 5.32 Å². The second kappa shape index (κ2) is 3.41. The van der Waals surface area contributed by atoms with E-state index in [1.54, 1.807) is 0 Å². The van der Waals surface area contributed by atoms with Crippen LogP contribution in [0.25, 0.3) is 0 Å². The van der Waals surface area contributed by atoms with Gasteiger partial charge in [0.15, 0.2) is 0 Å². The predicted molar refractivity (Wildman–Crippen MR) is 43.9 cm³/mol. The van der Waals surface area contributed by atoms with Crippen molar-refractivity contribution in [2.45, 2.75) is 37.8 Å². The number of nitrogens with one attached hydrogen (secondary N) is 1. The fourth-order valence-corrected chi connectivity index (χ4v) is 1.79. The summed E-state index contributed by atoms with van der Waals surface area (Å²) in [6, 6.07) is 0. The van der Waals surface area contributed by atoms with Crippen molar-refractivity contribution >= 4 is 5.97 Å². The first-order valence-electron chi connectivity index (χ1n) is 4.27. The first kappa shape index (κ1) is 9.48. The molecule has 70 valence electrons. The molecule has 0 spiro atoms. The van der Waals surface area contributed by atoms with Gasteiger partial charge in [0.05, 0.1) is 6.10 Å². The highest BCUT2D eigenvalue weighted by Gasteiger charge is 2.44. The summed E-state index contributed by atoms with van der Waals surface area (Å²) in [5, 5.41) is 21.1. The summed E-state index contributed by atoms with van der Waals surface area (Å²) >= 11 is 0. The lowest BCUT2D eigenvalue weighted by Crippen LogP contribution is -2.50. The number of carboxylic acid groups (broad SMARTS) is 1. The molecule has 0 radical (unpaired) electrons. The van der Waals surface area contributed by atoms with E-state index in [1.807, 2.05) is 6.92 Å². The van der Waals surface area contributed by atoms with E-state index in [0.717, 1.165) is 0 Å². The van der Waals surface area contributed by atoms with Crippen LogP contribution in [0.2, 0.25) is 0 Å². The van der Waals surface area contributed by atoms with Gasteiger partial charge in [-0.3, -0.25) is 4.79 Å². The Balaban J connectivity index is 2.67. The molecule has 3 N–H and O–H groups in total. The summed E-state index contributed by atoms with van der Waals surface area (Å²) in [4.78, 5) is 10.9. The molecule has 2 unspecified atom stereocenters. The summed E-state index contributed by atoms with van der Waals surface area (Å²) in [6.07, 6.45) is 0.979. The third-order valence-electron chi connectivity index (χ3n) is 2.41. The molecule has 12 heavy (non-hydrogen) atoms. The quantitative estimate of drug-likeness (QED) is 0.560. The van der Waals surface area contributed by atoms with Crippen molar-refractivity contribution in [1.82, 2.24) is 5.32 Å². The predicted octanol–water partition coefficient (Wildman–Crippen LogP) is -0.0359. The molecule has 1 rings (SSSR count). The van der Waals surface area contributed by atoms with E-state index in [9.17, 15) is 9.90 Å². The topological polar surface area (TPSA) is 69.6 Å². The number of aliphatic carboxylic acids is 1. The number of aliphatic hydroxyl groups excluding tert-OH is 1. The standard InChI is InChI=1S/C8H15NO3/c1-2-9-8(7(11)12)4-3-6(10)5-8/h6,9-10H,2-5H2,1H3,(H,11,12). The number of carbonyl (C=O) groups is 1. The molecule has 1 aliphatic carbocycles. The molecule has 0 aliphatic heterocycles. The number of aliphatic hydroxyl groups is 1. The van der Waals surface area contributed by atoms with Crippen LogP contribution in [0.4, 0.5) is 0 Å². The zero-order valence-electron chi connectivity index (χ0n) is 7.21. The minimum Gasteiger partial charge on any atom is -0.480 e. The van der Waals surface area contributed by atoms with Gasteiger partial charge in [0, 0.05) is 6.42 Å². The Labute approximate surface area is 71.6 Å². The van der Waals surface area contributed by atoms with E-state index in [1.165, 1.54) is 0 Å². The van der Waals surface area contributed by atoms with Gasteiger partial charge in [-0.15, -0.1) is 0 Å². The third-order valence-corrected chi connectivity index (χ3v) is 2.41. The highest BCUT2D eigenvalue weighted by atomic mass is 16.4. The highest BCUT2D eigenvalue weighted by molar-refractivity contribution is 5.79. The van der Waals surface area contributed by atoms with Crippen LogP contribution in [0.15, 0.2) is 0 Å². The lowest BCUT2D eigenvalue weighted by Gasteiger charge is -2.24. The van der Waals surface area contributed by atoms with Crippen LogP contribution in [0.3, 0.4) is 0 Å². The Kier molecular flexibility index (Phi) is 2.69. The monoisotopic (exact) mass is 173 g/mol. The van der Waals surface area contributed by atoms with Gasteiger partial charge < -0.3 is 15.5 Å². The normalized spacial score (nSPS) is 35.3. The first-order chi connectivity index (χ1) is 5.60. The molecule has 4 nitrogen and oxygen atoms in total. The number of hydrogen-bond donors (Lipinski definition) is 3. The molecule has 0 aromatic heterocycles. The molecule has 2 atom stereocenters. The van der Waals surface area contributed by atoms with Crippen molar-refractivity contribution < 1.29 is 15.0 Å². The molecular weight excluding hydrogens is 158 g/mol. The van der Waals surface area contributed by atoms with Gasteiger partial charge in [0.25, 0.3) is 0 Å². The minimum atomic E-state index is -0.867. The average molecular weight is 173 g/mol. The number of likely N-dealkylation sites (N-methyl/N-ethyl adjacent to an activating group) is 1. The largest absolute Gasteiger partial charge is 0.480 e. The van der Waals surface area contributed by atoms with E-state index in [-0.39, 0.29) is 0 Å². The Morgan fingerprint density at radius 1 is 1.75 bits per heavy atom. The zero-order chi connectivity index (χ0) is 9.19. The smallest absolute Gasteiger partial charge is 0.323 e. The molecule has 1 saturated carbocycles. The molecule has 4 heteroatoms. The SMILES string of the molecule is CCNC1(C(=O)O)CCC(O)C1. The summed E-state index contributed by atoms with van der Waals surface area (Å²) in [7, 11) is 0. The molecule has 0 aromatic carbocycles. The van der Waals surface area contributed by atoms with E-state index >= 15 is 0 Å². The van der Waals surface area contributed by atoms with E-state index in [0.29, 0.717) is 25.8 Å². The van der Waals surface area contributed by atoms with Gasteiger partial charge in [-0.25, -0.2) is 0 Å². The van der Waals surface area contributed by atoms with Gasteiger partial charge in [0.1, 0.15) is 5.54 Å². The Morgan fingerprint density at radius 3 is 2.75 bits per heavy atom. The lowest BCUT2D eigenvalue weighted by molar-refractivity contribution is -0.145. The van der Waals surface area contributed by atoms with E-state index < -0.39 is 17.6 Å². The van der Waals surface area contributed by atoms with Gasteiger partial charge in [-0.1, -0.05) is 6.92 Å². The Morgan fingerprint density at radius 2 is 2.42 bits per heavy atom. The van der Waals surface area contributed by atoms with Crippen LogP contribution >= 0.6 is 0 Å². The van der Waals surface area contributed by atoms with Gasteiger partial charge in [0.2, 0.25) is 0 Å². The highest BCUT2D eigenvalue weighted by Crippen LogP contribution is 2.30. The Bertz CT molecular complexity index is 179. The molecule has 0 amide bonds. The van der Waals surface area contributed by atoms with Gasteiger partial charge in [-0.2, -0.15) is 0 Å². The molecule has 0 bridgehead atoms. The number of rotatable bonds is 3. The fourth-order valence-electron chi connectivity index (χ4n) is 1.79. The summed E-state index contributed by atoms with van der Waals surface area (Å²) in [5.74, 6) is -0.846. The molecule has 1 fully saturated rings. The molecule has 0 saturated heterocycles. The van der Waals surface area contributed by atoms with Crippen molar-refractivity contribution in [3.8, 4) is 0 Å². The van der Waals surface area contributed by atoms with Crippen molar-refractivity contribution in [3.05, 3.63) is 0 Å². The summed E-state index contributed by atoms with van der Waals surface area (Å²) < 4.78 is 0. The van der Waals surface area contributed by atoms with Crippen molar-refractivity contribution in [2.75, 3.05) is 6.54 Å². The van der Waals surface area contributed by atoms with E-state index in [2.05, 4.69) is 5.32 Å². The summed E-state index contributed by atoms with van der Waals surface area (Å²) in [5.41, 5.74) is -0.867. The maximum absolute atomic E-state index is 10.9. The zero-order valence-corrected chi connectivity index (χ0v) is 7.21. The molecule has 0 aromatic rings. The van der Waals surface area contributed by atoms with Crippen LogP contribution in [0.1, 0.15) is 26.2 Å². The van der Waals surface area contributed by atoms with Crippen LogP contribution in [0, 0.1) is 0 Å². The second-order valence-electron chi connectivity index (χ2n) is 3.31. The summed E-state index contributed by atoms with van der Waals surface area (Å²) in [6.45, 7) is 2.49. The van der Waals surface area contributed by atoms with Crippen molar-refractivity contribution in [3.63, 3.8) is 0 Å². The molecule has 0 heterocycles. The van der Waals surface area contributed by atoms with Crippen LogP contribution in [-0.4, -0.2) is 34.4 Å². The van der Waals surface area contributed by atoms with Crippen molar-refractivity contribution in [1.29, 1.82) is 0 Å². The first-order valence-corrected chi connectivity index (χ1v) is 4.27. The van der Waals surface area contributed by atoms with Crippen molar-refractivity contribution in [2.24, 2.45) is 0 Å². The number of hydrogen-bond acceptors (Lipinski definition) is 3. The molecule has 1 aliphatic rings.